The van der Waals surface area contributed by atoms with Crippen LogP contribution in [0.3, 0.4) is 0 Å². The van der Waals surface area contributed by atoms with Crippen molar-refractivity contribution in [3.63, 3.8) is 0 Å². The second-order valence-electron chi connectivity index (χ2n) is 4.64. The molecule has 1 aromatic carbocycles. The minimum absolute atomic E-state index is 0.170. The number of hydrogen-bond acceptors (Lipinski definition) is 4. The standard InChI is InChI=1S/C14H18N4O2/c1-17-10-12(15-16-17)11-18(9-5-8-14(19)20)13-6-3-2-4-7-13/h2-4,6-7,10H,5,8-9,11H2,1H3,(H,19,20). The van der Waals surface area contributed by atoms with Crippen molar-refractivity contribution in [3.8, 4) is 0 Å². The minimum atomic E-state index is -0.766. The average molecular weight is 274 g/mol. The first-order chi connectivity index (χ1) is 9.65. The highest BCUT2D eigenvalue weighted by Gasteiger charge is 2.10. The fraction of sp³-hybridized carbons (Fsp3) is 0.357. The zero-order chi connectivity index (χ0) is 14.4. The summed E-state index contributed by atoms with van der Waals surface area (Å²) >= 11 is 0. The van der Waals surface area contributed by atoms with Gasteiger partial charge in [0.05, 0.1) is 6.54 Å². The molecule has 0 aliphatic heterocycles. The largest absolute Gasteiger partial charge is 0.481 e. The Morgan fingerprint density at radius 3 is 2.70 bits per heavy atom. The van der Waals surface area contributed by atoms with Crippen molar-refractivity contribution in [2.75, 3.05) is 11.4 Å². The number of aromatic nitrogens is 3. The number of rotatable bonds is 7. The molecular formula is C14H18N4O2. The van der Waals surface area contributed by atoms with Gasteiger partial charge in [0, 0.05) is 31.9 Å². The summed E-state index contributed by atoms with van der Waals surface area (Å²) in [6, 6.07) is 9.92. The third-order valence-electron chi connectivity index (χ3n) is 2.94. The van der Waals surface area contributed by atoms with Gasteiger partial charge in [0.25, 0.3) is 0 Å². The van der Waals surface area contributed by atoms with Gasteiger partial charge in [-0.3, -0.25) is 9.48 Å². The second kappa shape index (κ2) is 6.70. The van der Waals surface area contributed by atoms with Gasteiger partial charge >= 0.3 is 5.97 Å². The van der Waals surface area contributed by atoms with Crippen LogP contribution in [0, 0.1) is 0 Å². The topological polar surface area (TPSA) is 71.2 Å². The van der Waals surface area contributed by atoms with Crippen LogP contribution >= 0.6 is 0 Å². The molecule has 0 saturated heterocycles. The molecule has 0 saturated carbocycles. The monoisotopic (exact) mass is 274 g/mol. The molecule has 0 unspecified atom stereocenters. The summed E-state index contributed by atoms with van der Waals surface area (Å²) in [6.07, 6.45) is 2.64. The van der Waals surface area contributed by atoms with Crippen LogP contribution in [-0.4, -0.2) is 32.6 Å². The van der Waals surface area contributed by atoms with Crippen molar-refractivity contribution in [2.45, 2.75) is 19.4 Å². The predicted molar refractivity (Wildman–Crippen MR) is 75.4 cm³/mol. The van der Waals surface area contributed by atoms with Crippen LogP contribution in [0.5, 0.6) is 0 Å². The maximum atomic E-state index is 10.6. The molecule has 106 valence electrons. The Bertz CT molecular complexity index is 553. The first-order valence-corrected chi connectivity index (χ1v) is 6.52. The summed E-state index contributed by atoms with van der Waals surface area (Å²) in [7, 11) is 1.83. The normalized spacial score (nSPS) is 10.4. The van der Waals surface area contributed by atoms with Crippen LogP contribution in [-0.2, 0) is 18.4 Å². The highest BCUT2D eigenvalue weighted by Crippen LogP contribution is 2.16. The highest BCUT2D eigenvalue weighted by molar-refractivity contribution is 5.66. The molecular weight excluding hydrogens is 256 g/mol. The molecule has 1 N–H and O–H groups in total. The number of aliphatic carboxylic acids is 1. The third-order valence-corrected chi connectivity index (χ3v) is 2.94. The summed E-state index contributed by atoms with van der Waals surface area (Å²) in [5.74, 6) is -0.766. The minimum Gasteiger partial charge on any atom is -0.481 e. The lowest BCUT2D eigenvalue weighted by Crippen LogP contribution is -2.24. The fourth-order valence-corrected chi connectivity index (χ4v) is 2.02. The smallest absolute Gasteiger partial charge is 0.303 e. The Hall–Kier alpha value is -2.37. The summed E-state index contributed by atoms with van der Waals surface area (Å²) in [5, 5.41) is 16.7. The number of carboxylic acid groups (broad SMARTS) is 1. The van der Waals surface area contributed by atoms with E-state index in [1.807, 2.05) is 43.6 Å². The van der Waals surface area contributed by atoms with Gasteiger partial charge in [0.2, 0.25) is 0 Å². The van der Waals surface area contributed by atoms with Gasteiger partial charge in [-0.25, -0.2) is 0 Å². The molecule has 1 heterocycles. The Balaban J connectivity index is 2.05. The number of anilines is 1. The van der Waals surface area contributed by atoms with E-state index in [1.54, 1.807) is 4.68 Å². The van der Waals surface area contributed by atoms with Gasteiger partial charge in [-0.05, 0) is 18.6 Å². The van der Waals surface area contributed by atoms with Gasteiger partial charge in [-0.1, -0.05) is 23.4 Å². The number of nitrogens with zero attached hydrogens (tertiary/aromatic N) is 4. The van der Waals surface area contributed by atoms with Gasteiger partial charge in [0.1, 0.15) is 5.69 Å². The number of carboxylic acids is 1. The number of para-hydroxylation sites is 1. The first-order valence-electron chi connectivity index (χ1n) is 6.52. The lowest BCUT2D eigenvalue weighted by Gasteiger charge is -2.23. The zero-order valence-corrected chi connectivity index (χ0v) is 11.4. The van der Waals surface area contributed by atoms with Gasteiger partial charge < -0.3 is 10.0 Å². The molecule has 2 rings (SSSR count). The Morgan fingerprint density at radius 2 is 2.10 bits per heavy atom. The average Bonchev–Trinajstić information content (AvgIpc) is 2.84. The SMILES string of the molecule is Cn1cc(CN(CCCC(=O)O)c2ccccc2)nn1. The van der Waals surface area contributed by atoms with Crippen LogP contribution in [0.2, 0.25) is 0 Å². The maximum absolute atomic E-state index is 10.6. The first kappa shape index (κ1) is 14.0. The van der Waals surface area contributed by atoms with Crippen LogP contribution in [0.25, 0.3) is 0 Å². The van der Waals surface area contributed by atoms with E-state index in [-0.39, 0.29) is 6.42 Å². The Morgan fingerprint density at radius 1 is 1.35 bits per heavy atom. The van der Waals surface area contributed by atoms with Crippen LogP contribution in [0.15, 0.2) is 36.5 Å². The van der Waals surface area contributed by atoms with E-state index in [2.05, 4.69) is 15.2 Å². The molecule has 0 radical (unpaired) electrons. The van der Waals surface area contributed by atoms with E-state index in [0.29, 0.717) is 19.5 Å². The summed E-state index contributed by atoms with van der Waals surface area (Å²) in [6.45, 7) is 1.30. The van der Waals surface area contributed by atoms with Crippen LogP contribution in [0.4, 0.5) is 5.69 Å². The zero-order valence-electron chi connectivity index (χ0n) is 11.4. The molecule has 6 nitrogen and oxygen atoms in total. The Kier molecular flexibility index (Phi) is 4.70. The lowest BCUT2D eigenvalue weighted by molar-refractivity contribution is -0.137. The molecule has 1 aromatic heterocycles. The van der Waals surface area contributed by atoms with Crippen LogP contribution in [0.1, 0.15) is 18.5 Å². The van der Waals surface area contributed by atoms with E-state index in [1.165, 1.54) is 0 Å². The quantitative estimate of drug-likeness (QED) is 0.832. The lowest BCUT2D eigenvalue weighted by atomic mass is 10.2. The molecule has 0 amide bonds. The highest BCUT2D eigenvalue weighted by atomic mass is 16.4. The van der Waals surface area contributed by atoms with Gasteiger partial charge in [-0.2, -0.15) is 0 Å². The van der Waals surface area contributed by atoms with Gasteiger partial charge in [0.15, 0.2) is 0 Å². The summed E-state index contributed by atoms with van der Waals surface area (Å²) < 4.78 is 1.66. The molecule has 2 aromatic rings. The van der Waals surface area contributed by atoms with Crippen molar-refractivity contribution >= 4 is 11.7 Å². The van der Waals surface area contributed by atoms with E-state index in [0.717, 1.165) is 11.4 Å². The van der Waals surface area contributed by atoms with E-state index < -0.39 is 5.97 Å². The van der Waals surface area contributed by atoms with Crippen LogP contribution < -0.4 is 4.90 Å². The maximum Gasteiger partial charge on any atom is 0.303 e. The van der Waals surface area contributed by atoms with E-state index in [4.69, 9.17) is 5.11 Å². The Labute approximate surface area is 117 Å². The predicted octanol–water partition coefficient (Wildman–Crippen LogP) is 1.69. The molecule has 0 aliphatic rings. The van der Waals surface area contributed by atoms with Crippen molar-refractivity contribution in [3.05, 3.63) is 42.2 Å². The third kappa shape index (κ3) is 4.08. The van der Waals surface area contributed by atoms with Crippen molar-refractivity contribution in [1.82, 2.24) is 15.0 Å². The van der Waals surface area contributed by atoms with Crippen molar-refractivity contribution < 1.29 is 9.90 Å². The number of benzene rings is 1. The van der Waals surface area contributed by atoms with Gasteiger partial charge in [-0.15, -0.1) is 5.10 Å². The van der Waals surface area contributed by atoms with E-state index in [9.17, 15) is 4.79 Å². The fourth-order valence-electron chi connectivity index (χ4n) is 2.02. The molecule has 0 spiro atoms. The molecule has 20 heavy (non-hydrogen) atoms. The molecule has 6 heteroatoms. The second-order valence-corrected chi connectivity index (χ2v) is 4.64. The van der Waals surface area contributed by atoms with E-state index >= 15 is 0 Å². The number of aryl methyl sites for hydroxylation is 1. The molecule has 0 bridgehead atoms. The summed E-state index contributed by atoms with van der Waals surface area (Å²) in [5.41, 5.74) is 1.93. The molecule has 0 fully saturated rings. The number of carbonyl (C=O) groups is 1. The summed E-state index contributed by atoms with van der Waals surface area (Å²) in [4.78, 5) is 12.8. The number of hydrogen-bond donors (Lipinski definition) is 1. The van der Waals surface area contributed by atoms with Crippen molar-refractivity contribution in [1.29, 1.82) is 0 Å². The molecule has 0 atom stereocenters. The van der Waals surface area contributed by atoms with Crippen molar-refractivity contribution in [2.24, 2.45) is 7.05 Å². The molecule has 0 aliphatic carbocycles.